The SMILES string of the molecule is Cc1nn(C)c2ncc(C(=O)OCC(=O)NC(=O)c3cccs3)cc12. The molecule has 25 heavy (non-hydrogen) atoms. The van der Waals surface area contributed by atoms with E-state index in [2.05, 4.69) is 15.4 Å². The summed E-state index contributed by atoms with van der Waals surface area (Å²) in [5, 5.41) is 8.84. The number of thiophene rings is 1. The second-order valence-corrected chi connectivity index (χ2v) is 6.18. The van der Waals surface area contributed by atoms with E-state index in [4.69, 9.17) is 4.74 Å². The Bertz CT molecular complexity index is 962. The van der Waals surface area contributed by atoms with Gasteiger partial charge in [-0.1, -0.05) is 6.07 Å². The largest absolute Gasteiger partial charge is 0.452 e. The number of amides is 2. The normalized spacial score (nSPS) is 10.6. The van der Waals surface area contributed by atoms with E-state index >= 15 is 0 Å². The van der Waals surface area contributed by atoms with E-state index in [0.29, 0.717) is 10.5 Å². The molecule has 0 spiro atoms. The number of carbonyl (C=O) groups excluding carboxylic acids is 3. The van der Waals surface area contributed by atoms with Crippen LogP contribution in [0.5, 0.6) is 0 Å². The Balaban J connectivity index is 1.61. The number of ether oxygens (including phenoxy) is 1. The number of hydrogen-bond donors (Lipinski definition) is 1. The molecule has 9 heteroatoms. The first-order chi connectivity index (χ1) is 12.0. The molecule has 0 aliphatic heterocycles. The van der Waals surface area contributed by atoms with Crippen LogP contribution in [0.25, 0.3) is 11.0 Å². The van der Waals surface area contributed by atoms with Crippen LogP contribution in [0.1, 0.15) is 25.7 Å². The number of aromatic nitrogens is 3. The van der Waals surface area contributed by atoms with E-state index in [1.54, 1.807) is 35.3 Å². The molecule has 3 heterocycles. The van der Waals surface area contributed by atoms with Crippen LogP contribution in [0.3, 0.4) is 0 Å². The lowest BCUT2D eigenvalue weighted by molar-refractivity contribution is -0.123. The second kappa shape index (κ2) is 6.81. The van der Waals surface area contributed by atoms with Gasteiger partial charge in [0.2, 0.25) is 0 Å². The van der Waals surface area contributed by atoms with E-state index in [-0.39, 0.29) is 5.56 Å². The molecule has 0 saturated carbocycles. The Morgan fingerprint density at radius 1 is 1.36 bits per heavy atom. The van der Waals surface area contributed by atoms with Crippen molar-refractivity contribution in [3.63, 3.8) is 0 Å². The third-order valence-electron chi connectivity index (χ3n) is 3.43. The summed E-state index contributed by atoms with van der Waals surface area (Å²) >= 11 is 1.21. The van der Waals surface area contributed by atoms with Gasteiger partial charge < -0.3 is 4.74 Å². The van der Waals surface area contributed by atoms with Crippen LogP contribution >= 0.6 is 11.3 Å². The molecule has 0 unspecified atom stereocenters. The first-order valence-electron chi connectivity index (χ1n) is 7.30. The van der Waals surface area contributed by atoms with Crippen LogP contribution in [-0.2, 0) is 16.6 Å². The number of fused-ring (bicyclic) bond motifs is 1. The zero-order chi connectivity index (χ0) is 18.0. The molecule has 0 aromatic carbocycles. The highest BCUT2D eigenvalue weighted by molar-refractivity contribution is 7.12. The predicted octanol–water partition coefficient (Wildman–Crippen LogP) is 1.45. The Kier molecular flexibility index (Phi) is 4.57. The Hall–Kier alpha value is -3.07. The molecule has 1 N–H and O–H groups in total. The van der Waals surface area contributed by atoms with Crippen molar-refractivity contribution in [1.29, 1.82) is 0 Å². The molecule has 128 valence electrons. The van der Waals surface area contributed by atoms with Crippen molar-refractivity contribution < 1.29 is 19.1 Å². The maximum Gasteiger partial charge on any atom is 0.340 e. The Labute approximate surface area is 146 Å². The molecule has 3 rings (SSSR count). The van der Waals surface area contributed by atoms with Gasteiger partial charge in [0.1, 0.15) is 0 Å². The number of esters is 1. The molecule has 0 atom stereocenters. The van der Waals surface area contributed by atoms with Crippen molar-refractivity contribution in [2.45, 2.75) is 6.92 Å². The number of imide groups is 1. The fraction of sp³-hybridized carbons (Fsp3) is 0.188. The van der Waals surface area contributed by atoms with Gasteiger partial charge in [0, 0.05) is 18.6 Å². The summed E-state index contributed by atoms with van der Waals surface area (Å²) in [4.78, 5) is 40.1. The van der Waals surface area contributed by atoms with Crippen LogP contribution in [0.4, 0.5) is 0 Å². The van der Waals surface area contributed by atoms with Gasteiger partial charge in [0.15, 0.2) is 12.3 Å². The molecule has 2 amide bonds. The van der Waals surface area contributed by atoms with Gasteiger partial charge in [0.25, 0.3) is 11.8 Å². The smallest absolute Gasteiger partial charge is 0.340 e. The lowest BCUT2D eigenvalue weighted by Gasteiger charge is -2.05. The van der Waals surface area contributed by atoms with Crippen LogP contribution in [0, 0.1) is 6.92 Å². The summed E-state index contributed by atoms with van der Waals surface area (Å²) < 4.78 is 6.55. The number of aryl methyl sites for hydroxylation is 2. The highest BCUT2D eigenvalue weighted by Gasteiger charge is 2.16. The summed E-state index contributed by atoms with van der Waals surface area (Å²) in [6.45, 7) is 1.25. The van der Waals surface area contributed by atoms with Gasteiger partial charge in [-0.05, 0) is 24.4 Å². The minimum atomic E-state index is -0.698. The molecular formula is C16H14N4O4S. The molecule has 3 aromatic rings. The molecule has 8 nitrogen and oxygen atoms in total. The quantitative estimate of drug-likeness (QED) is 0.708. The van der Waals surface area contributed by atoms with Crippen molar-refractivity contribution in [2.24, 2.45) is 7.05 Å². The third-order valence-corrected chi connectivity index (χ3v) is 4.30. The third kappa shape index (κ3) is 3.56. The monoisotopic (exact) mass is 358 g/mol. The topological polar surface area (TPSA) is 103 Å². The maximum atomic E-state index is 12.1. The van der Waals surface area contributed by atoms with Gasteiger partial charge in [-0.3, -0.25) is 19.6 Å². The van der Waals surface area contributed by atoms with Crippen molar-refractivity contribution in [3.05, 3.63) is 45.9 Å². The minimum Gasteiger partial charge on any atom is -0.452 e. The molecule has 0 bridgehead atoms. The van der Waals surface area contributed by atoms with Gasteiger partial charge in [-0.2, -0.15) is 5.10 Å². The first-order valence-corrected chi connectivity index (χ1v) is 8.18. The number of rotatable bonds is 4. The number of hydrogen-bond acceptors (Lipinski definition) is 7. The van der Waals surface area contributed by atoms with Crippen LogP contribution in [0.15, 0.2) is 29.8 Å². The fourth-order valence-corrected chi connectivity index (χ4v) is 2.88. The van der Waals surface area contributed by atoms with Crippen LogP contribution in [-0.4, -0.2) is 39.2 Å². The zero-order valence-corrected chi connectivity index (χ0v) is 14.3. The molecule has 0 fully saturated rings. The van der Waals surface area contributed by atoms with Gasteiger partial charge >= 0.3 is 5.97 Å². The molecule has 0 aliphatic rings. The van der Waals surface area contributed by atoms with E-state index in [0.717, 1.165) is 11.1 Å². The summed E-state index contributed by atoms with van der Waals surface area (Å²) in [6, 6.07) is 4.91. The first kappa shape index (κ1) is 16.8. The maximum absolute atomic E-state index is 12.1. The standard InChI is InChI=1S/C16H14N4O4S/c1-9-11-6-10(7-17-14(11)20(2)19-9)16(23)24-8-13(21)18-15(22)12-4-3-5-25-12/h3-7H,8H2,1-2H3,(H,18,21,22). The van der Waals surface area contributed by atoms with Crippen molar-refractivity contribution >= 4 is 40.2 Å². The summed E-state index contributed by atoms with van der Waals surface area (Å²) in [7, 11) is 1.76. The van der Waals surface area contributed by atoms with Crippen LogP contribution < -0.4 is 5.32 Å². The average molecular weight is 358 g/mol. The number of nitrogens with zero attached hydrogens (tertiary/aromatic N) is 3. The van der Waals surface area contributed by atoms with Gasteiger partial charge in [0.05, 0.1) is 16.1 Å². The van der Waals surface area contributed by atoms with E-state index in [1.807, 2.05) is 6.92 Å². The van der Waals surface area contributed by atoms with E-state index in [9.17, 15) is 14.4 Å². The summed E-state index contributed by atoms with van der Waals surface area (Å²) in [5.41, 5.74) is 1.59. The summed E-state index contributed by atoms with van der Waals surface area (Å²) in [5.74, 6) is -1.92. The van der Waals surface area contributed by atoms with Crippen LogP contribution in [0.2, 0.25) is 0 Å². The van der Waals surface area contributed by atoms with E-state index < -0.39 is 24.4 Å². The van der Waals surface area contributed by atoms with Crippen molar-refractivity contribution in [2.75, 3.05) is 6.61 Å². The molecule has 0 radical (unpaired) electrons. The molecule has 3 aromatic heterocycles. The fourth-order valence-electron chi connectivity index (χ4n) is 2.27. The minimum absolute atomic E-state index is 0.209. The van der Waals surface area contributed by atoms with Gasteiger partial charge in [-0.15, -0.1) is 11.3 Å². The molecule has 0 saturated heterocycles. The number of pyridine rings is 1. The number of nitrogens with one attached hydrogen (secondary N) is 1. The van der Waals surface area contributed by atoms with Crippen molar-refractivity contribution in [1.82, 2.24) is 20.1 Å². The Morgan fingerprint density at radius 2 is 2.16 bits per heavy atom. The highest BCUT2D eigenvalue weighted by atomic mass is 32.1. The highest BCUT2D eigenvalue weighted by Crippen LogP contribution is 2.17. The number of carbonyl (C=O) groups is 3. The van der Waals surface area contributed by atoms with E-state index in [1.165, 1.54) is 17.5 Å². The average Bonchev–Trinajstić information content (AvgIpc) is 3.22. The lowest BCUT2D eigenvalue weighted by atomic mass is 10.2. The Morgan fingerprint density at radius 3 is 2.88 bits per heavy atom. The zero-order valence-electron chi connectivity index (χ0n) is 13.5. The van der Waals surface area contributed by atoms with Gasteiger partial charge in [-0.25, -0.2) is 9.78 Å². The van der Waals surface area contributed by atoms with Crippen molar-refractivity contribution in [3.8, 4) is 0 Å². The summed E-state index contributed by atoms with van der Waals surface area (Å²) in [6.07, 6.45) is 1.36. The predicted molar refractivity (Wildman–Crippen MR) is 90.3 cm³/mol. The molecule has 0 aliphatic carbocycles. The second-order valence-electron chi connectivity index (χ2n) is 5.23. The molecular weight excluding hydrogens is 344 g/mol. The lowest BCUT2D eigenvalue weighted by Crippen LogP contribution is -2.33.